The van der Waals surface area contributed by atoms with Crippen molar-refractivity contribution < 1.29 is 13.9 Å². The van der Waals surface area contributed by atoms with Crippen LogP contribution in [0.5, 0.6) is 0 Å². The van der Waals surface area contributed by atoms with Crippen molar-refractivity contribution in [2.45, 2.75) is 11.8 Å². The largest absolute Gasteiger partial charge is 0.461 e. The van der Waals surface area contributed by atoms with Crippen molar-refractivity contribution in [2.24, 2.45) is 0 Å². The standard InChI is InChI=1S/C13H14N2O3S/c1-3-17-12(16)11-8-18-13(15-11)14-9-5-4-6-10(7-9)19-2/h4-8H,3H2,1-2H3,(H,14,15). The van der Waals surface area contributed by atoms with Crippen LogP contribution in [0, 0.1) is 0 Å². The Morgan fingerprint density at radius 2 is 2.37 bits per heavy atom. The van der Waals surface area contributed by atoms with E-state index in [1.165, 1.54) is 6.26 Å². The number of nitrogens with one attached hydrogen (secondary N) is 1. The lowest BCUT2D eigenvalue weighted by Crippen LogP contribution is -2.04. The molecule has 19 heavy (non-hydrogen) atoms. The van der Waals surface area contributed by atoms with Gasteiger partial charge in [0.25, 0.3) is 6.01 Å². The Morgan fingerprint density at radius 3 is 3.11 bits per heavy atom. The SMILES string of the molecule is CCOC(=O)c1coc(Nc2cccc(SC)c2)n1. The molecule has 1 aromatic heterocycles. The first-order chi connectivity index (χ1) is 9.22. The summed E-state index contributed by atoms with van der Waals surface area (Å²) in [5.41, 5.74) is 1.01. The normalized spacial score (nSPS) is 10.2. The van der Waals surface area contributed by atoms with Crippen molar-refractivity contribution in [1.29, 1.82) is 0 Å². The Hall–Kier alpha value is -1.95. The number of carbonyl (C=O) groups excluding carboxylic acids is 1. The van der Waals surface area contributed by atoms with Crippen molar-refractivity contribution in [3.8, 4) is 0 Å². The fourth-order valence-corrected chi connectivity index (χ4v) is 1.91. The highest BCUT2D eigenvalue weighted by molar-refractivity contribution is 7.98. The summed E-state index contributed by atoms with van der Waals surface area (Å²) in [4.78, 5) is 16.6. The van der Waals surface area contributed by atoms with Crippen LogP contribution < -0.4 is 5.32 Å². The molecule has 0 saturated heterocycles. The monoisotopic (exact) mass is 278 g/mol. The van der Waals surface area contributed by atoms with Gasteiger partial charge in [-0.1, -0.05) is 6.07 Å². The van der Waals surface area contributed by atoms with Gasteiger partial charge >= 0.3 is 5.97 Å². The van der Waals surface area contributed by atoms with Crippen molar-refractivity contribution in [3.05, 3.63) is 36.2 Å². The average molecular weight is 278 g/mol. The molecule has 2 rings (SSSR count). The summed E-state index contributed by atoms with van der Waals surface area (Å²) in [6, 6.07) is 8.08. The highest BCUT2D eigenvalue weighted by Gasteiger charge is 2.13. The number of hydrogen-bond acceptors (Lipinski definition) is 6. The molecule has 0 aliphatic rings. The molecule has 100 valence electrons. The van der Waals surface area contributed by atoms with E-state index in [4.69, 9.17) is 9.15 Å². The van der Waals surface area contributed by atoms with Gasteiger partial charge in [0.05, 0.1) is 6.61 Å². The smallest absolute Gasteiger partial charge is 0.360 e. The molecule has 0 atom stereocenters. The molecule has 0 saturated carbocycles. The average Bonchev–Trinajstić information content (AvgIpc) is 2.88. The lowest BCUT2D eigenvalue weighted by atomic mass is 10.3. The van der Waals surface area contributed by atoms with Crippen LogP contribution in [0.25, 0.3) is 0 Å². The van der Waals surface area contributed by atoms with Crippen LogP contribution in [0.1, 0.15) is 17.4 Å². The third kappa shape index (κ3) is 3.51. The van der Waals surface area contributed by atoms with Gasteiger partial charge in [-0.3, -0.25) is 0 Å². The van der Waals surface area contributed by atoms with Gasteiger partial charge in [-0.25, -0.2) is 4.79 Å². The molecule has 1 N–H and O–H groups in total. The molecule has 0 aliphatic carbocycles. The van der Waals surface area contributed by atoms with E-state index in [1.807, 2.05) is 30.5 Å². The van der Waals surface area contributed by atoms with E-state index in [0.717, 1.165) is 10.6 Å². The summed E-state index contributed by atoms with van der Waals surface area (Å²) in [5.74, 6) is -0.489. The Labute approximate surface area is 115 Å². The summed E-state index contributed by atoms with van der Waals surface area (Å²) in [6.45, 7) is 2.05. The second-order valence-electron chi connectivity index (χ2n) is 3.62. The van der Waals surface area contributed by atoms with E-state index >= 15 is 0 Å². The van der Waals surface area contributed by atoms with Gasteiger partial charge in [-0.2, -0.15) is 4.98 Å². The maximum Gasteiger partial charge on any atom is 0.360 e. The van der Waals surface area contributed by atoms with Gasteiger partial charge < -0.3 is 14.5 Å². The van der Waals surface area contributed by atoms with Crippen molar-refractivity contribution in [2.75, 3.05) is 18.2 Å². The number of hydrogen-bond donors (Lipinski definition) is 1. The summed E-state index contributed by atoms with van der Waals surface area (Å²) in [5, 5.41) is 3.00. The molecule has 6 heteroatoms. The summed E-state index contributed by atoms with van der Waals surface area (Å²) in [7, 11) is 0. The zero-order chi connectivity index (χ0) is 13.7. The summed E-state index contributed by atoms with van der Waals surface area (Å²) >= 11 is 1.65. The van der Waals surface area contributed by atoms with Gasteiger partial charge in [0.15, 0.2) is 5.69 Å². The van der Waals surface area contributed by atoms with Crippen LogP contribution in [0.4, 0.5) is 11.7 Å². The van der Waals surface area contributed by atoms with E-state index in [2.05, 4.69) is 10.3 Å². The molecule has 0 spiro atoms. The van der Waals surface area contributed by atoms with Gasteiger partial charge in [-0.15, -0.1) is 11.8 Å². The van der Waals surface area contributed by atoms with Crippen molar-refractivity contribution in [3.63, 3.8) is 0 Å². The second kappa shape index (κ2) is 6.29. The fraction of sp³-hybridized carbons (Fsp3) is 0.231. The Kier molecular flexibility index (Phi) is 4.46. The predicted octanol–water partition coefficient (Wildman–Crippen LogP) is 3.32. The molecule has 0 amide bonds. The van der Waals surface area contributed by atoms with Crippen molar-refractivity contribution >= 4 is 29.4 Å². The number of benzene rings is 1. The molecule has 1 aromatic carbocycles. The number of aromatic nitrogens is 1. The lowest BCUT2D eigenvalue weighted by molar-refractivity contribution is 0.0519. The Morgan fingerprint density at radius 1 is 1.53 bits per heavy atom. The molecular weight excluding hydrogens is 264 g/mol. The maximum absolute atomic E-state index is 11.4. The molecule has 0 radical (unpaired) electrons. The van der Waals surface area contributed by atoms with Crippen LogP contribution in [0.3, 0.4) is 0 Å². The van der Waals surface area contributed by atoms with E-state index in [-0.39, 0.29) is 11.7 Å². The minimum Gasteiger partial charge on any atom is -0.461 e. The number of oxazole rings is 1. The summed E-state index contributed by atoms with van der Waals surface area (Å²) < 4.78 is 10.0. The number of anilines is 2. The van der Waals surface area contributed by atoms with E-state index in [1.54, 1.807) is 18.7 Å². The number of rotatable bonds is 5. The molecule has 2 aromatic rings. The minimum absolute atomic E-state index is 0.158. The second-order valence-corrected chi connectivity index (χ2v) is 4.49. The highest BCUT2D eigenvalue weighted by Crippen LogP contribution is 2.22. The lowest BCUT2D eigenvalue weighted by Gasteiger charge is -2.03. The zero-order valence-corrected chi connectivity index (χ0v) is 11.5. The molecule has 0 unspecified atom stereocenters. The number of thioether (sulfide) groups is 1. The van der Waals surface area contributed by atoms with Crippen LogP contribution in [0.15, 0.2) is 39.8 Å². The third-order valence-electron chi connectivity index (χ3n) is 2.31. The summed E-state index contributed by atoms with van der Waals surface area (Å²) in [6.07, 6.45) is 3.28. The predicted molar refractivity (Wildman–Crippen MR) is 74.0 cm³/mol. The topological polar surface area (TPSA) is 64.4 Å². The molecule has 5 nitrogen and oxygen atoms in total. The number of esters is 1. The van der Waals surface area contributed by atoms with Gasteiger partial charge in [0, 0.05) is 10.6 Å². The van der Waals surface area contributed by atoms with Crippen molar-refractivity contribution in [1.82, 2.24) is 4.98 Å². The maximum atomic E-state index is 11.4. The van der Waals surface area contributed by atoms with Crippen LogP contribution in [0.2, 0.25) is 0 Å². The van der Waals surface area contributed by atoms with Gasteiger partial charge in [-0.05, 0) is 31.4 Å². The molecular formula is C13H14N2O3S. The van der Waals surface area contributed by atoms with Crippen LogP contribution >= 0.6 is 11.8 Å². The first-order valence-corrected chi connectivity index (χ1v) is 6.99. The number of nitrogens with zero attached hydrogens (tertiary/aromatic N) is 1. The first-order valence-electron chi connectivity index (χ1n) is 5.76. The zero-order valence-electron chi connectivity index (χ0n) is 10.7. The Bertz CT molecular complexity index is 569. The van der Waals surface area contributed by atoms with Gasteiger partial charge in [0.2, 0.25) is 0 Å². The first kappa shape index (κ1) is 13.5. The molecule has 1 heterocycles. The van der Waals surface area contributed by atoms with Crippen LogP contribution in [-0.2, 0) is 4.74 Å². The Balaban J connectivity index is 2.09. The van der Waals surface area contributed by atoms with Crippen LogP contribution in [-0.4, -0.2) is 23.8 Å². The molecule has 0 aliphatic heterocycles. The van der Waals surface area contributed by atoms with E-state index < -0.39 is 5.97 Å². The number of ether oxygens (including phenoxy) is 1. The highest BCUT2D eigenvalue weighted by atomic mass is 32.2. The number of carbonyl (C=O) groups is 1. The molecule has 0 bridgehead atoms. The fourth-order valence-electron chi connectivity index (χ4n) is 1.45. The molecule has 0 fully saturated rings. The quantitative estimate of drug-likeness (QED) is 0.668. The van der Waals surface area contributed by atoms with E-state index in [0.29, 0.717) is 6.61 Å². The third-order valence-corrected chi connectivity index (χ3v) is 3.04. The van der Waals surface area contributed by atoms with Gasteiger partial charge in [0.1, 0.15) is 6.26 Å². The minimum atomic E-state index is -0.489. The van der Waals surface area contributed by atoms with E-state index in [9.17, 15) is 4.79 Å².